The van der Waals surface area contributed by atoms with E-state index in [9.17, 15) is 9.18 Å². The Hall–Kier alpha value is -2.73. The van der Waals surface area contributed by atoms with Crippen LogP contribution in [0.5, 0.6) is 0 Å². The predicted octanol–water partition coefficient (Wildman–Crippen LogP) is 3.72. The van der Waals surface area contributed by atoms with Crippen LogP contribution in [0.3, 0.4) is 0 Å². The first kappa shape index (κ1) is 19.6. The van der Waals surface area contributed by atoms with Crippen molar-refractivity contribution in [2.24, 2.45) is 5.92 Å². The summed E-state index contributed by atoms with van der Waals surface area (Å²) >= 11 is 0. The molecule has 1 aliphatic heterocycles. The summed E-state index contributed by atoms with van der Waals surface area (Å²) < 4.78 is 16.1. The Morgan fingerprint density at radius 2 is 2.10 bits per heavy atom. The molecule has 0 aliphatic carbocycles. The van der Waals surface area contributed by atoms with Gasteiger partial charge in [0, 0.05) is 30.9 Å². The zero-order chi connectivity index (χ0) is 20.7. The van der Waals surface area contributed by atoms with E-state index in [0.717, 1.165) is 30.6 Å². The molecule has 1 aromatic carbocycles. The summed E-state index contributed by atoms with van der Waals surface area (Å²) in [6, 6.07) is 4.45. The lowest BCUT2D eigenvalue weighted by molar-refractivity contribution is 0.0754. The van der Waals surface area contributed by atoms with Gasteiger partial charge in [0.25, 0.3) is 5.91 Å². The summed E-state index contributed by atoms with van der Waals surface area (Å²) in [5.41, 5.74) is 4.33. The van der Waals surface area contributed by atoms with Gasteiger partial charge in [-0.2, -0.15) is 0 Å². The number of benzene rings is 1. The van der Waals surface area contributed by atoms with E-state index in [2.05, 4.69) is 23.4 Å². The van der Waals surface area contributed by atoms with Crippen molar-refractivity contribution in [2.45, 2.75) is 33.2 Å². The molecule has 29 heavy (non-hydrogen) atoms. The molecule has 0 bridgehead atoms. The Balaban J connectivity index is 1.89. The van der Waals surface area contributed by atoms with Crippen LogP contribution >= 0.6 is 0 Å². The Bertz CT molecular complexity index is 1070. The molecule has 1 aliphatic rings. The molecular weight excluding hydrogens is 367 g/mol. The number of hydrogen-bond acceptors (Lipinski definition) is 3. The van der Waals surface area contributed by atoms with Crippen molar-refractivity contribution >= 4 is 16.8 Å². The van der Waals surface area contributed by atoms with E-state index < -0.39 is 5.82 Å². The molecule has 1 saturated heterocycles. The molecule has 5 nitrogen and oxygen atoms in total. The standard InChI is InChI=1S/C23H27FN4O/c1-14(2)27(4)23(29)19-8-18(24)5-6-20(19)28-13-17(7-16-10-26-11-16)22-15(3)9-25-12-21(22)28/h5-6,8-9,12-14,16,26H,7,10-11H2,1-4H3. The van der Waals surface area contributed by atoms with Gasteiger partial charge < -0.3 is 14.8 Å². The van der Waals surface area contributed by atoms with E-state index in [1.807, 2.05) is 30.8 Å². The van der Waals surface area contributed by atoms with E-state index in [1.54, 1.807) is 18.0 Å². The minimum atomic E-state index is -0.416. The number of rotatable bonds is 5. The maximum absolute atomic E-state index is 14.1. The van der Waals surface area contributed by atoms with Crippen LogP contribution in [-0.4, -0.2) is 46.5 Å². The van der Waals surface area contributed by atoms with Crippen molar-refractivity contribution in [1.29, 1.82) is 0 Å². The fourth-order valence-corrected chi connectivity index (χ4v) is 3.91. The van der Waals surface area contributed by atoms with Crippen molar-refractivity contribution in [3.63, 3.8) is 0 Å². The molecular formula is C23H27FN4O. The van der Waals surface area contributed by atoms with Crippen LogP contribution in [0.25, 0.3) is 16.6 Å². The lowest BCUT2D eigenvalue weighted by Crippen LogP contribution is -2.43. The molecule has 3 aromatic rings. The second-order valence-electron chi connectivity index (χ2n) is 8.27. The van der Waals surface area contributed by atoms with Crippen LogP contribution in [-0.2, 0) is 6.42 Å². The van der Waals surface area contributed by atoms with Gasteiger partial charge in [-0.05, 0) is 75.5 Å². The molecule has 1 fully saturated rings. The van der Waals surface area contributed by atoms with E-state index >= 15 is 0 Å². The Morgan fingerprint density at radius 1 is 1.34 bits per heavy atom. The average Bonchev–Trinajstić information content (AvgIpc) is 3.03. The fourth-order valence-electron chi connectivity index (χ4n) is 3.91. The lowest BCUT2D eigenvalue weighted by Gasteiger charge is -2.26. The van der Waals surface area contributed by atoms with Crippen LogP contribution in [0.4, 0.5) is 4.39 Å². The zero-order valence-electron chi connectivity index (χ0n) is 17.4. The molecule has 0 atom stereocenters. The zero-order valence-corrected chi connectivity index (χ0v) is 17.4. The SMILES string of the molecule is Cc1cncc2c1c(CC1CNC1)cn2-c1ccc(F)cc1C(=O)N(C)C(C)C. The van der Waals surface area contributed by atoms with E-state index in [0.29, 0.717) is 17.2 Å². The van der Waals surface area contributed by atoms with Crippen molar-refractivity contribution < 1.29 is 9.18 Å². The number of amides is 1. The molecule has 1 amide bonds. The topological polar surface area (TPSA) is 50.2 Å². The number of aromatic nitrogens is 2. The third-order valence-electron chi connectivity index (χ3n) is 5.90. The number of fused-ring (bicyclic) bond motifs is 1. The summed E-state index contributed by atoms with van der Waals surface area (Å²) in [4.78, 5) is 19.1. The highest BCUT2D eigenvalue weighted by molar-refractivity contribution is 5.99. The van der Waals surface area contributed by atoms with Crippen LogP contribution < -0.4 is 5.32 Å². The van der Waals surface area contributed by atoms with Crippen LogP contribution in [0.1, 0.15) is 35.3 Å². The molecule has 0 saturated carbocycles. The van der Waals surface area contributed by atoms with Gasteiger partial charge in [-0.15, -0.1) is 0 Å². The minimum Gasteiger partial charge on any atom is -0.339 e. The van der Waals surface area contributed by atoms with Gasteiger partial charge in [-0.1, -0.05) is 0 Å². The van der Waals surface area contributed by atoms with Crippen LogP contribution in [0, 0.1) is 18.7 Å². The molecule has 152 valence electrons. The Kier molecular flexibility index (Phi) is 5.13. The summed E-state index contributed by atoms with van der Waals surface area (Å²) in [5, 5.41) is 4.50. The van der Waals surface area contributed by atoms with E-state index in [-0.39, 0.29) is 11.9 Å². The number of aryl methyl sites for hydroxylation is 1. The fraction of sp³-hybridized carbons (Fsp3) is 0.391. The summed E-state index contributed by atoms with van der Waals surface area (Å²) in [6.45, 7) is 8.00. The lowest BCUT2D eigenvalue weighted by atomic mass is 9.93. The van der Waals surface area contributed by atoms with Gasteiger partial charge >= 0.3 is 0 Å². The normalized spacial score (nSPS) is 14.4. The number of carbonyl (C=O) groups is 1. The number of nitrogens with zero attached hydrogens (tertiary/aromatic N) is 3. The smallest absolute Gasteiger partial charge is 0.256 e. The van der Waals surface area contributed by atoms with E-state index in [1.165, 1.54) is 23.1 Å². The summed E-state index contributed by atoms with van der Waals surface area (Å²) in [5.74, 6) is 0.00510. The van der Waals surface area contributed by atoms with Crippen molar-refractivity contribution in [3.8, 4) is 5.69 Å². The molecule has 0 radical (unpaired) electrons. The number of nitrogens with one attached hydrogen (secondary N) is 1. The van der Waals surface area contributed by atoms with Gasteiger partial charge in [0.15, 0.2) is 0 Å². The quantitative estimate of drug-likeness (QED) is 0.718. The molecule has 2 aromatic heterocycles. The summed E-state index contributed by atoms with van der Waals surface area (Å²) in [7, 11) is 1.75. The van der Waals surface area contributed by atoms with Gasteiger partial charge in [0.05, 0.1) is 23.0 Å². The number of halogens is 1. The van der Waals surface area contributed by atoms with Crippen molar-refractivity contribution in [3.05, 3.63) is 59.3 Å². The monoisotopic (exact) mass is 394 g/mol. The molecule has 6 heteroatoms. The number of pyridine rings is 1. The number of hydrogen-bond donors (Lipinski definition) is 1. The highest BCUT2D eigenvalue weighted by Crippen LogP contribution is 2.31. The molecule has 0 spiro atoms. The second kappa shape index (κ2) is 7.59. The molecule has 0 unspecified atom stereocenters. The first-order valence-corrected chi connectivity index (χ1v) is 10.1. The van der Waals surface area contributed by atoms with Crippen molar-refractivity contribution in [2.75, 3.05) is 20.1 Å². The number of carbonyl (C=O) groups excluding carboxylic acids is 1. The predicted molar refractivity (Wildman–Crippen MR) is 113 cm³/mol. The molecule has 4 rings (SSSR count). The largest absolute Gasteiger partial charge is 0.339 e. The third kappa shape index (κ3) is 3.53. The highest BCUT2D eigenvalue weighted by atomic mass is 19.1. The van der Waals surface area contributed by atoms with Crippen LogP contribution in [0.15, 0.2) is 36.8 Å². The van der Waals surface area contributed by atoms with Gasteiger partial charge in [0.2, 0.25) is 0 Å². The second-order valence-corrected chi connectivity index (χ2v) is 8.27. The maximum atomic E-state index is 14.1. The first-order chi connectivity index (χ1) is 13.9. The van der Waals surface area contributed by atoms with Crippen molar-refractivity contribution in [1.82, 2.24) is 19.8 Å². The van der Waals surface area contributed by atoms with Crippen LogP contribution in [0.2, 0.25) is 0 Å². The maximum Gasteiger partial charge on any atom is 0.256 e. The minimum absolute atomic E-state index is 0.0191. The van der Waals surface area contributed by atoms with Gasteiger partial charge in [0.1, 0.15) is 5.82 Å². The Labute approximate surface area is 170 Å². The Morgan fingerprint density at radius 3 is 2.76 bits per heavy atom. The molecule has 3 heterocycles. The van der Waals surface area contributed by atoms with E-state index in [4.69, 9.17) is 0 Å². The summed E-state index contributed by atoms with van der Waals surface area (Å²) in [6.07, 6.45) is 6.77. The average molecular weight is 394 g/mol. The third-order valence-corrected chi connectivity index (χ3v) is 5.90. The van der Waals surface area contributed by atoms with Gasteiger partial charge in [-0.3, -0.25) is 9.78 Å². The first-order valence-electron chi connectivity index (χ1n) is 10.1. The molecule has 1 N–H and O–H groups in total. The van der Waals surface area contributed by atoms with Gasteiger partial charge in [-0.25, -0.2) is 4.39 Å². The highest BCUT2D eigenvalue weighted by Gasteiger charge is 2.24.